The van der Waals surface area contributed by atoms with Gasteiger partial charge in [-0.2, -0.15) is 0 Å². The molecule has 1 aromatic rings. The molecule has 2 fully saturated rings. The van der Waals surface area contributed by atoms with Gasteiger partial charge in [0.25, 0.3) is 0 Å². The van der Waals surface area contributed by atoms with Crippen molar-refractivity contribution in [2.75, 3.05) is 13.1 Å². The van der Waals surface area contributed by atoms with Gasteiger partial charge in [0, 0.05) is 30.1 Å². The Balaban J connectivity index is 1.57. The second-order valence-corrected chi connectivity index (χ2v) is 6.07. The fraction of sp³-hybridized carbons (Fsp3) is 0.692. The fourth-order valence-electron chi connectivity index (χ4n) is 2.58. The van der Waals surface area contributed by atoms with Crippen molar-refractivity contribution in [2.24, 2.45) is 0 Å². The van der Waals surface area contributed by atoms with E-state index in [1.165, 1.54) is 50.2 Å². The first-order valence-electron chi connectivity index (χ1n) is 6.41. The van der Waals surface area contributed by atoms with E-state index in [0.29, 0.717) is 0 Å². The summed E-state index contributed by atoms with van der Waals surface area (Å²) in [7, 11) is 0. The van der Waals surface area contributed by atoms with Crippen molar-refractivity contribution in [3.63, 3.8) is 0 Å². The number of nitrogens with one attached hydrogen (secondary N) is 1. The lowest BCUT2D eigenvalue weighted by Crippen LogP contribution is -2.38. The topological polar surface area (TPSA) is 15.3 Å². The van der Waals surface area contributed by atoms with E-state index >= 15 is 0 Å². The zero-order valence-electron chi connectivity index (χ0n) is 9.69. The molecule has 0 radical (unpaired) electrons. The van der Waals surface area contributed by atoms with Crippen LogP contribution in [0.1, 0.15) is 30.6 Å². The first-order valence-corrected chi connectivity index (χ1v) is 7.29. The summed E-state index contributed by atoms with van der Waals surface area (Å²) in [5.41, 5.74) is 0. The predicted octanol–water partition coefficient (Wildman–Crippen LogP) is 2.46. The van der Waals surface area contributed by atoms with Gasteiger partial charge in [0.1, 0.15) is 0 Å². The van der Waals surface area contributed by atoms with E-state index in [9.17, 15) is 0 Å². The molecule has 1 aliphatic heterocycles. The highest BCUT2D eigenvalue weighted by molar-refractivity contribution is 7.09. The van der Waals surface area contributed by atoms with Crippen molar-refractivity contribution in [2.45, 2.75) is 44.3 Å². The number of rotatable bonds is 5. The third-order valence-electron chi connectivity index (χ3n) is 3.62. The average Bonchev–Trinajstić information content (AvgIpc) is 2.79. The van der Waals surface area contributed by atoms with Crippen LogP contribution in [0.15, 0.2) is 17.5 Å². The van der Waals surface area contributed by atoms with E-state index in [0.717, 1.165) is 12.1 Å². The summed E-state index contributed by atoms with van der Waals surface area (Å²) < 4.78 is 0. The lowest BCUT2D eigenvalue weighted by Gasteiger charge is -2.24. The Kier molecular flexibility index (Phi) is 3.27. The Morgan fingerprint density at radius 3 is 2.94 bits per heavy atom. The maximum absolute atomic E-state index is 3.61. The third kappa shape index (κ3) is 2.65. The molecule has 0 bridgehead atoms. The summed E-state index contributed by atoms with van der Waals surface area (Å²) in [6, 6.07) is 6.06. The summed E-state index contributed by atoms with van der Waals surface area (Å²) in [6.07, 6.45) is 5.56. The minimum Gasteiger partial charge on any atom is -0.313 e. The molecule has 0 amide bonds. The van der Waals surface area contributed by atoms with E-state index in [1.807, 2.05) is 11.3 Å². The molecule has 1 unspecified atom stereocenters. The van der Waals surface area contributed by atoms with E-state index in [4.69, 9.17) is 0 Å². The van der Waals surface area contributed by atoms with Gasteiger partial charge in [0.05, 0.1) is 0 Å². The zero-order valence-corrected chi connectivity index (χ0v) is 10.5. The van der Waals surface area contributed by atoms with Crippen LogP contribution in [0, 0.1) is 0 Å². The molecule has 1 aliphatic carbocycles. The van der Waals surface area contributed by atoms with Crippen molar-refractivity contribution in [1.29, 1.82) is 0 Å². The summed E-state index contributed by atoms with van der Waals surface area (Å²) >= 11 is 1.89. The first-order chi connectivity index (χ1) is 7.92. The van der Waals surface area contributed by atoms with Crippen molar-refractivity contribution in [3.8, 4) is 0 Å². The van der Waals surface area contributed by atoms with E-state index < -0.39 is 0 Å². The van der Waals surface area contributed by atoms with Crippen molar-refractivity contribution in [3.05, 3.63) is 22.4 Å². The second kappa shape index (κ2) is 4.86. The molecule has 88 valence electrons. The standard InChI is InChI=1S/C13H20N2S/c1-3-11(14-7-1)9-15(12-5-6-12)10-13-4-2-8-16-13/h2,4,8,11-12,14H,1,3,5-7,9-10H2. The van der Waals surface area contributed by atoms with Gasteiger partial charge in [0.2, 0.25) is 0 Å². The minimum absolute atomic E-state index is 0.751. The van der Waals surface area contributed by atoms with Gasteiger partial charge >= 0.3 is 0 Å². The molecule has 1 saturated heterocycles. The fourth-order valence-corrected chi connectivity index (χ4v) is 3.31. The summed E-state index contributed by atoms with van der Waals surface area (Å²) in [6.45, 7) is 3.64. The molecule has 0 aromatic carbocycles. The molecule has 2 nitrogen and oxygen atoms in total. The van der Waals surface area contributed by atoms with Crippen LogP contribution in [-0.2, 0) is 6.54 Å². The van der Waals surface area contributed by atoms with Crippen LogP contribution < -0.4 is 5.32 Å². The highest BCUT2D eigenvalue weighted by Gasteiger charge is 2.31. The molecule has 2 aliphatic rings. The van der Waals surface area contributed by atoms with Crippen LogP contribution in [0.4, 0.5) is 0 Å². The Bertz CT molecular complexity index is 313. The lowest BCUT2D eigenvalue weighted by molar-refractivity contribution is 0.233. The molecule has 3 heteroatoms. The number of nitrogens with zero attached hydrogens (tertiary/aromatic N) is 1. The van der Waals surface area contributed by atoms with E-state index in [1.54, 1.807) is 0 Å². The lowest BCUT2D eigenvalue weighted by atomic mass is 10.2. The molecule has 1 aromatic heterocycles. The maximum Gasteiger partial charge on any atom is 0.0331 e. The second-order valence-electron chi connectivity index (χ2n) is 5.03. The monoisotopic (exact) mass is 236 g/mol. The molecule has 16 heavy (non-hydrogen) atoms. The smallest absolute Gasteiger partial charge is 0.0331 e. The zero-order chi connectivity index (χ0) is 10.8. The van der Waals surface area contributed by atoms with Crippen molar-refractivity contribution >= 4 is 11.3 Å². The van der Waals surface area contributed by atoms with Gasteiger partial charge in [-0.25, -0.2) is 0 Å². The molecule has 1 atom stereocenters. The van der Waals surface area contributed by atoms with Gasteiger partial charge < -0.3 is 5.32 Å². The maximum atomic E-state index is 3.61. The summed E-state index contributed by atoms with van der Waals surface area (Å²) in [5, 5.41) is 5.80. The normalized spacial score (nSPS) is 25.4. The number of hydrogen-bond acceptors (Lipinski definition) is 3. The van der Waals surface area contributed by atoms with Crippen LogP contribution >= 0.6 is 11.3 Å². The van der Waals surface area contributed by atoms with Crippen LogP contribution in [0.2, 0.25) is 0 Å². The number of hydrogen-bond donors (Lipinski definition) is 1. The highest BCUT2D eigenvalue weighted by Crippen LogP contribution is 2.29. The van der Waals surface area contributed by atoms with Gasteiger partial charge in [-0.1, -0.05) is 6.07 Å². The molecule has 1 N–H and O–H groups in total. The Morgan fingerprint density at radius 2 is 2.31 bits per heavy atom. The Hall–Kier alpha value is -0.380. The molecular formula is C13H20N2S. The molecule has 3 rings (SSSR count). The molecular weight excluding hydrogens is 216 g/mol. The first kappa shape index (κ1) is 10.8. The van der Waals surface area contributed by atoms with E-state index in [2.05, 4.69) is 27.7 Å². The SMILES string of the molecule is c1csc(CN(CC2CCCN2)C2CC2)c1. The predicted molar refractivity (Wildman–Crippen MR) is 68.8 cm³/mol. The van der Waals surface area contributed by atoms with Crippen molar-refractivity contribution < 1.29 is 0 Å². The van der Waals surface area contributed by atoms with Gasteiger partial charge in [0.15, 0.2) is 0 Å². The minimum atomic E-state index is 0.751. The van der Waals surface area contributed by atoms with Crippen LogP contribution in [0.25, 0.3) is 0 Å². The Morgan fingerprint density at radius 1 is 1.38 bits per heavy atom. The molecule has 2 heterocycles. The summed E-state index contributed by atoms with van der Waals surface area (Å²) in [5.74, 6) is 0. The van der Waals surface area contributed by atoms with Gasteiger partial charge in [-0.15, -0.1) is 11.3 Å². The summed E-state index contributed by atoms with van der Waals surface area (Å²) in [4.78, 5) is 4.21. The van der Waals surface area contributed by atoms with Crippen LogP contribution in [0.5, 0.6) is 0 Å². The molecule has 0 spiro atoms. The van der Waals surface area contributed by atoms with Crippen LogP contribution in [-0.4, -0.2) is 30.1 Å². The average molecular weight is 236 g/mol. The largest absolute Gasteiger partial charge is 0.313 e. The third-order valence-corrected chi connectivity index (χ3v) is 4.48. The quantitative estimate of drug-likeness (QED) is 0.845. The van der Waals surface area contributed by atoms with Gasteiger partial charge in [-0.05, 0) is 43.7 Å². The highest BCUT2D eigenvalue weighted by atomic mass is 32.1. The number of thiophene rings is 1. The van der Waals surface area contributed by atoms with Crippen molar-refractivity contribution in [1.82, 2.24) is 10.2 Å². The Labute approximate surface area is 102 Å². The molecule has 1 saturated carbocycles. The van der Waals surface area contributed by atoms with E-state index in [-0.39, 0.29) is 0 Å². The van der Waals surface area contributed by atoms with Gasteiger partial charge in [-0.3, -0.25) is 4.90 Å². The van der Waals surface area contributed by atoms with Crippen LogP contribution in [0.3, 0.4) is 0 Å².